The van der Waals surface area contributed by atoms with E-state index in [1.807, 2.05) is 42.0 Å². The monoisotopic (exact) mass is 489 g/mol. The van der Waals surface area contributed by atoms with Crippen molar-refractivity contribution in [2.75, 3.05) is 17.3 Å². The average Bonchev–Trinajstić information content (AvgIpc) is 3.26. The highest BCUT2D eigenvalue weighted by atomic mass is 79.9. The van der Waals surface area contributed by atoms with Crippen LogP contribution in [0, 0.1) is 0 Å². The summed E-state index contributed by atoms with van der Waals surface area (Å²) < 4.78 is 0.694. The zero-order valence-corrected chi connectivity index (χ0v) is 18.9. The predicted octanol–water partition coefficient (Wildman–Crippen LogP) is 5.06. The number of aromatic nitrogens is 1. The molecule has 2 amide bonds. The number of hydrogen-bond donors (Lipinski definition) is 2. The highest BCUT2D eigenvalue weighted by Crippen LogP contribution is 2.23. The van der Waals surface area contributed by atoms with Crippen molar-refractivity contribution in [3.05, 3.63) is 70.1 Å². The van der Waals surface area contributed by atoms with E-state index in [0.29, 0.717) is 22.1 Å². The second-order valence-electron chi connectivity index (χ2n) is 6.19. The highest BCUT2D eigenvalue weighted by molar-refractivity contribution is 9.10. The molecule has 8 heteroatoms. The number of nitrogens with zero attached hydrogens (tertiary/aromatic N) is 1. The summed E-state index contributed by atoms with van der Waals surface area (Å²) in [7, 11) is 0. The Morgan fingerprint density at radius 3 is 2.59 bits per heavy atom. The number of anilines is 1. The molecule has 1 heterocycles. The van der Waals surface area contributed by atoms with Crippen molar-refractivity contribution in [1.82, 2.24) is 10.3 Å². The summed E-state index contributed by atoms with van der Waals surface area (Å²) in [6, 6.07) is 14.1. The van der Waals surface area contributed by atoms with Gasteiger partial charge in [-0.3, -0.25) is 9.59 Å². The van der Waals surface area contributed by atoms with Crippen LogP contribution in [0.1, 0.15) is 16.8 Å². The van der Waals surface area contributed by atoms with Crippen LogP contribution in [-0.2, 0) is 4.79 Å². The Hall–Kier alpha value is -2.16. The van der Waals surface area contributed by atoms with E-state index >= 15 is 0 Å². The third-order valence-electron chi connectivity index (χ3n) is 4.18. The fourth-order valence-corrected chi connectivity index (χ4v) is 4.26. The van der Waals surface area contributed by atoms with Crippen LogP contribution in [-0.4, -0.2) is 34.8 Å². The van der Waals surface area contributed by atoms with Crippen LogP contribution in [0.15, 0.2) is 64.6 Å². The Balaban J connectivity index is 1.68. The lowest BCUT2D eigenvalue weighted by molar-refractivity contribution is -0.118. The van der Waals surface area contributed by atoms with Gasteiger partial charge in [0.15, 0.2) is 0 Å². The predicted molar refractivity (Wildman–Crippen MR) is 125 cm³/mol. The van der Waals surface area contributed by atoms with E-state index in [4.69, 9.17) is 0 Å². The molecule has 0 fully saturated rings. The fraction of sp³-hybridized carbons (Fsp3) is 0.190. The van der Waals surface area contributed by atoms with Gasteiger partial charge in [-0.2, -0.15) is 11.8 Å². The number of rotatable bonds is 8. The van der Waals surface area contributed by atoms with Crippen molar-refractivity contribution in [2.45, 2.75) is 12.5 Å². The number of nitrogens with one attached hydrogen (secondary N) is 2. The number of carbonyl (C=O) groups excluding carboxylic acids is 2. The van der Waals surface area contributed by atoms with Crippen LogP contribution < -0.4 is 10.6 Å². The maximum Gasteiger partial charge on any atom is 0.253 e. The molecule has 2 N–H and O–H groups in total. The first-order valence-corrected chi connectivity index (χ1v) is 12.0. The Morgan fingerprint density at radius 2 is 1.93 bits per heavy atom. The Labute approximate surface area is 186 Å². The molecule has 0 spiro atoms. The van der Waals surface area contributed by atoms with Gasteiger partial charge in [0.1, 0.15) is 11.0 Å². The fourth-order valence-electron chi connectivity index (χ4n) is 2.68. The number of amides is 2. The summed E-state index contributed by atoms with van der Waals surface area (Å²) in [6.45, 7) is 0. The summed E-state index contributed by atoms with van der Waals surface area (Å²) in [4.78, 5) is 29.8. The summed E-state index contributed by atoms with van der Waals surface area (Å²) in [5.41, 5.74) is 2.18. The lowest BCUT2D eigenvalue weighted by Crippen LogP contribution is -2.44. The van der Waals surface area contributed by atoms with E-state index < -0.39 is 6.04 Å². The zero-order chi connectivity index (χ0) is 20.6. The molecule has 5 nitrogen and oxygen atoms in total. The highest BCUT2D eigenvalue weighted by Gasteiger charge is 2.22. The molecule has 1 unspecified atom stereocenters. The third-order valence-corrected chi connectivity index (χ3v) is 6.34. The van der Waals surface area contributed by atoms with E-state index in [-0.39, 0.29) is 11.8 Å². The Kier molecular flexibility index (Phi) is 7.85. The van der Waals surface area contributed by atoms with Crippen molar-refractivity contribution in [3.63, 3.8) is 0 Å². The SMILES string of the molecule is CSCCC(NC(=O)c1ccccc1Br)C(=O)Nc1ccc(-c2nccs2)cc1. The van der Waals surface area contributed by atoms with Gasteiger partial charge in [0.25, 0.3) is 5.91 Å². The molecule has 0 radical (unpaired) electrons. The van der Waals surface area contributed by atoms with Crippen molar-refractivity contribution < 1.29 is 9.59 Å². The first-order valence-electron chi connectivity index (χ1n) is 8.93. The molecule has 1 aromatic heterocycles. The minimum absolute atomic E-state index is 0.235. The van der Waals surface area contributed by atoms with Crippen LogP contribution in [0.5, 0.6) is 0 Å². The van der Waals surface area contributed by atoms with Crippen molar-refractivity contribution in [3.8, 4) is 10.6 Å². The lowest BCUT2D eigenvalue weighted by atomic mass is 10.1. The van der Waals surface area contributed by atoms with Crippen LogP contribution in [0.2, 0.25) is 0 Å². The molecule has 29 heavy (non-hydrogen) atoms. The first-order chi connectivity index (χ1) is 14.1. The van der Waals surface area contributed by atoms with Gasteiger partial charge in [-0.05, 0) is 70.8 Å². The number of carbonyl (C=O) groups is 2. The number of thioether (sulfide) groups is 1. The van der Waals surface area contributed by atoms with E-state index in [0.717, 1.165) is 16.3 Å². The average molecular weight is 490 g/mol. The number of benzene rings is 2. The normalized spacial score (nSPS) is 11.7. The third kappa shape index (κ3) is 5.91. The molecule has 2 aromatic carbocycles. The summed E-state index contributed by atoms with van der Waals surface area (Å²) in [5.74, 6) is 0.247. The van der Waals surface area contributed by atoms with Crippen LogP contribution in [0.25, 0.3) is 10.6 Å². The lowest BCUT2D eigenvalue weighted by Gasteiger charge is -2.19. The molecule has 1 atom stereocenters. The molecule has 0 aliphatic heterocycles. The molecular weight excluding hydrogens is 470 g/mol. The van der Waals surface area contributed by atoms with E-state index in [1.165, 1.54) is 0 Å². The topological polar surface area (TPSA) is 71.1 Å². The van der Waals surface area contributed by atoms with Gasteiger partial charge in [0, 0.05) is 27.3 Å². The second-order valence-corrected chi connectivity index (χ2v) is 8.93. The Bertz CT molecular complexity index is 962. The molecule has 0 saturated heterocycles. The minimum Gasteiger partial charge on any atom is -0.340 e. The molecular formula is C21H20BrN3O2S2. The summed E-state index contributed by atoms with van der Waals surface area (Å²) in [5, 5.41) is 8.62. The van der Waals surface area contributed by atoms with Gasteiger partial charge < -0.3 is 10.6 Å². The summed E-state index contributed by atoms with van der Waals surface area (Å²) in [6.07, 6.45) is 4.28. The molecule has 0 aliphatic carbocycles. The van der Waals surface area contributed by atoms with E-state index in [1.54, 1.807) is 47.5 Å². The molecule has 0 saturated carbocycles. The molecule has 3 aromatic rings. The van der Waals surface area contributed by atoms with Gasteiger partial charge in [-0.15, -0.1) is 11.3 Å². The van der Waals surface area contributed by atoms with Crippen molar-refractivity contribution >= 4 is 56.5 Å². The van der Waals surface area contributed by atoms with Gasteiger partial charge in [0.2, 0.25) is 5.91 Å². The van der Waals surface area contributed by atoms with Crippen LogP contribution >= 0.6 is 39.0 Å². The van der Waals surface area contributed by atoms with Gasteiger partial charge >= 0.3 is 0 Å². The van der Waals surface area contributed by atoms with E-state index in [9.17, 15) is 9.59 Å². The zero-order valence-electron chi connectivity index (χ0n) is 15.7. The van der Waals surface area contributed by atoms with Gasteiger partial charge in [-0.1, -0.05) is 12.1 Å². The minimum atomic E-state index is -0.624. The smallest absolute Gasteiger partial charge is 0.253 e. The standard InChI is InChI=1S/C21H20BrN3O2S2/c1-28-12-10-18(25-19(26)16-4-2-3-5-17(16)22)20(27)24-15-8-6-14(7-9-15)21-23-11-13-29-21/h2-9,11,13,18H,10,12H2,1H3,(H,24,27)(H,25,26). The van der Waals surface area contributed by atoms with Crippen molar-refractivity contribution in [1.29, 1.82) is 0 Å². The summed E-state index contributed by atoms with van der Waals surface area (Å²) >= 11 is 6.58. The number of halogens is 1. The number of thiazole rings is 1. The van der Waals surface area contributed by atoms with E-state index in [2.05, 4.69) is 31.5 Å². The van der Waals surface area contributed by atoms with Gasteiger partial charge in [0.05, 0.1) is 5.56 Å². The van der Waals surface area contributed by atoms with Crippen molar-refractivity contribution in [2.24, 2.45) is 0 Å². The maximum absolute atomic E-state index is 12.8. The van der Waals surface area contributed by atoms with Crippen LogP contribution in [0.4, 0.5) is 5.69 Å². The molecule has 3 rings (SSSR count). The second kappa shape index (κ2) is 10.6. The maximum atomic E-state index is 12.8. The largest absolute Gasteiger partial charge is 0.340 e. The van der Waals surface area contributed by atoms with Gasteiger partial charge in [-0.25, -0.2) is 4.98 Å². The van der Waals surface area contributed by atoms with Crippen LogP contribution in [0.3, 0.4) is 0 Å². The molecule has 0 bridgehead atoms. The molecule has 0 aliphatic rings. The first kappa shape index (κ1) is 21.5. The molecule has 150 valence electrons. The Morgan fingerprint density at radius 1 is 1.17 bits per heavy atom. The quantitative estimate of drug-likeness (QED) is 0.463. The number of hydrogen-bond acceptors (Lipinski definition) is 5.